The van der Waals surface area contributed by atoms with Gasteiger partial charge in [-0.15, -0.1) is 0 Å². The fourth-order valence-electron chi connectivity index (χ4n) is 0.213. The number of aliphatic hydroxyl groups is 1. The molecule has 0 aromatic heterocycles. The van der Waals surface area contributed by atoms with Crippen molar-refractivity contribution in [2.75, 3.05) is 13.6 Å². The average Bonchev–Trinajstić information content (AvgIpc) is 1.30. The van der Waals surface area contributed by atoms with Gasteiger partial charge in [-0.05, 0) is 7.05 Å². The molecule has 2 nitrogen and oxygen atoms in total. The number of hydrogen-bond donors (Lipinski definition) is 2. The molecule has 0 spiro atoms. The lowest BCUT2D eigenvalue weighted by Gasteiger charge is -2.08. The van der Waals surface area contributed by atoms with Gasteiger partial charge in [0.05, 0.1) is 6.54 Å². The molecule has 0 aliphatic heterocycles. The van der Waals surface area contributed by atoms with Crippen LogP contribution in [0.5, 0.6) is 0 Å². The summed E-state index contributed by atoms with van der Waals surface area (Å²) >= 11 is 10.2. The topological polar surface area (TPSA) is 32.3 Å². The standard InChI is InChI=1S/C3H7Cl2NO/c1-6-2-3(4,5)7/h6-7H,2H2,1H3. The molecule has 0 atom stereocenters. The van der Waals surface area contributed by atoms with Crippen LogP contribution >= 0.6 is 23.2 Å². The van der Waals surface area contributed by atoms with E-state index in [4.69, 9.17) is 28.3 Å². The Morgan fingerprint density at radius 3 is 2.14 bits per heavy atom. The van der Waals surface area contributed by atoms with Crippen LogP contribution in [-0.4, -0.2) is 23.2 Å². The van der Waals surface area contributed by atoms with Crippen molar-refractivity contribution in [1.29, 1.82) is 0 Å². The van der Waals surface area contributed by atoms with E-state index in [1.807, 2.05) is 0 Å². The highest BCUT2D eigenvalue weighted by atomic mass is 35.5. The molecule has 0 amide bonds. The van der Waals surface area contributed by atoms with E-state index in [0.717, 1.165) is 0 Å². The summed E-state index contributed by atoms with van der Waals surface area (Å²) in [5, 5.41) is 11.1. The van der Waals surface area contributed by atoms with Gasteiger partial charge >= 0.3 is 0 Å². The molecule has 0 rings (SSSR count). The van der Waals surface area contributed by atoms with Crippen molar-refractivity contribution < 1.29 is 5.11 Å². The third-order valence-electron chi connectivity index (χ3n) is 0.389. The minimum Gasteiger partial charge on any atom is -0.362 e. The lowest BCUT2D eigenvalue weighted by Crippen LogP contribution is -2.27. The van der Waals surface area contributed by atoms with E-state index in [-0.39, 0.29) is 6.54 Å². The Labute approximate surface area is 52.4 Å². The van der Waals surface area contributed by atoms with Gasteiger partial charge in [-0.3, -0.25) is 0 Å². The Bertz CT molecular complexity index is 51.4. The maximum absolute atomic E-state index is 8.49. The molecule has 2 N–H and O–H groups in total. The summed E-state index contributed by atoms with van der Waals surface area (Å²) in [6.07, 6.45) is 0. The zero-order valence-corrected chi connectivity index (χ0v) is 5.42. The van der Waals surface area contributed by atoms with Crippen molar-refractivity contribution in [2.45, 2.75) is 4.52 Å². The van der Waals surface area contributed by atoms with Gasteiger partial charge in [0.25, 0.3) is 0 Å². The molecule has 0 radical (unpaired) electrons. The summed E-state index contributed by atoms with van der Waals surface area (Å²) in [5.41, 5.74) is 0. The Kier molecular flexibility index (Phi) is 2.92. The van der Waals surface area contributed by atoms with E-state index in [2.05, 4.69) is 5.32 Å². The molecule has 7 heavy (non-hydrogen) atoms. The Morgan fingerprint density at radius 2 is 2.14 bits per heavy atom. The van der Waals surface area contributed by atoms with E-state index >= 15 is 0 Å². The molecule has 4 heteroatoms. The normalized spacial score (nSPS) is 12.0. The van der Waals surface area contributed by atoms with Gasteiger partial charge in [0.2, 0.25) is 4.52 Å². The first-order chi connectivity index (χ1) is 3.06. The second-order valence-electron chi connectivity index (χ2n) is 1.20. The third kappa shape index (κ3) is 6.50. The fraction of sp³-hybridized carbons (Fsp3) is 1.00. The highest BCUT2D eigenvalue weighted by Gasteiger charge is 2.15. The summed E-state index contributed by atoms with van der Waals surface area (Å²) in [6, 6.07) is 0. The van der Waals surface area contributed by atoms with Crippen LogP contribution in [0.1, 0.15) is 0 Å². The van der Waals surface area contributed by atoms with Crippen molar-refractivity contribution in [1.82, 2.24) is 5.32 Å². The molecule has 0 saturated heterocycles. The first-order valence-corrected chi connectivity index (χ1v) is 2.56. The molecule has 0 aromatic rings. The lowest BCUT2D eigenvalue weighted by atomic mass is 10.7. The second kappa shape index (κ2) is 2.72. The van der Waals surface area contributed by atoms with E-state index in [0.29, 0.717) is 0 Å². The van der Waals surface area contributed by atoms with E-state index in [1.165, 1.54) is 0 Å². The molecule has 44 valence electrons. The minimum atomic E-state index is -1.62. The first-order valence-electron chi connectivity index (χ1n) is 1.81. The van der Waals surface area contributed by atoms with Crippen LogP contribution < -0.4 is 5.32 Å². The van der Waals surface area contributed by atoms with Crippen LogP contribution in [0.4, 0.5) is 0 Å². The predicted octanol–water partition coefficient (Wildman–Crippen LogP) is 0.329. The number of halogens is 2. The first kappa shape index (κ1) is 7.50. The highest BCUT2D eigenvalue weighted by Crippen LogP contribution is 2.13. The van der Waals surface area contributed by atoms with Gasteiger partial charge in [-0.2, -0.15) is 0 Å². The molecule has 0 heterocycles. The number of nitrogens with one attached hydrogen (secondary N) is 1. The molecule has 0 aromatic carbocycles. The number of hydrogen-bond acceptors (Lipinski definition) is 2. The zero-order valence-electron chi connectivity index (χ0n) is 3.91. The number of rotatable bonds is 2. The minimum absolute atomic E-state index is 0.177. The largest absolute Gasteiger partial charge is 0.362 e. The fourth-order valence-corrected chi connectivity index (χ4v) is 0.480. The molecule has 0 fully saturated rings. The SMILES string of the molecule is CNCC(O)(Cl)Cl. The second-order valence-corrected chi connectivity index (χ2v) is 2.64. The molecule has 0 aliphatic rings. The van der Waals surface area contributed by atoms with Crippen molar-refractivity contribution in [2.24, 2.45) is 0 Å². The van der Waals surface area contributed by atoms with Crippen molar-refractivity contribution in [3.63, 3.8) is 0 Å². The quantitative estimate of drug-likeness (QED) is 0.547. The summed E-state index contributed by atoms with van der Waals surface area (Å²) in [4.78, 5) is 0. The van der Waals surface area contributed by atoms with E-state index in [1.54, 1.807) is 7.05 Å². The van der Waals surface area contributed by atoms with Gasteiger partial charge in [0.1, 0.15) is 0 Å². The monoisotopic (exact) mass is 143 g/mol. The lowest BCUT2D eigenvalue weighted by molar-refractivity contribution is 0.214. The van der Waals surface area contributed by atoms with Crippen LogP contribution in [-0.2, 0) is 0 Å². The van der Waals surface area contributed by atoms with E-state index in [9.17, 15) is 0 Å². The van der Waals surface area contributed by atoms with Crippen LogP contribution in [0.3, 0.4) is 0 Å². The Morgan fingerprint density at radius 1 is 1.71 bits per heavy atom. The van der Waals surface area contributed by atoms with Crippen molar-refractivity contribution in [3.05, 3.63) is 0 Å². The summed E-state index contributed by atoms with van der Waals surface area (Å²) < 4.78 is -1.62. The molecule has 0 unspecified atom stereocenters. The molecular weight excluding hydrogens is 137 g/mol. The summed E-state index contributed by atoms with van der Waals surface area (Å²) in [7, 11) is 1.65. The molecule has 0 saturated carbocycles. The van der Waals surface area contributed by atoms with Crippen molar-refractivity contribution in [3.8, 4) is 0 Å². The maximum atomic E-state index is 8.49. The van der Waals surface area contributed by atoms with E-state index < -0.39 is 4.52 Å². The van der Waals surface area contributed by atoms with Crippen LogP contribution in [0, 0.1) is 0 Å². The summed E-state index contributed by atoms with van der Waals surface area (Å²) in [6.45, 7) is 0.177. The third-order valence-corrected chi connectivity index (χ3v) is 0.657. The number of likely N-dealkylation sites (N-methyl/N-ethyl adjacent to an activating group) is 1. The Balaban J connectivity index is 3.15. The van der Waals surface area contributed by atoms with Crippen LogP contribution in [0.15, 0.2) is 0 Å². The van der Waals surface area contributed by atoms with Crippen LogP contribution in [0.2, 0.25) is 0 Å². The number of alkyl halides is 2. The maximum Gasteiger partial charge on any atom is 0.227 e. The van der Waals surface area contributed by atoms with Crippen molar-refractivity contribution >= 4 is 23.2 Å². The highest BCUT2D eigenvalue weighted by molar-refractivity contribution is 6.47. The zero-order chi connectivity index (χ0) is 5.91. The molecular formula is C3H7Cl2NO. The molecule has 0 aliphatic carbocycles. The van der Waals surface area contributed by atoms with Gasteiger partial charge in [-0.25, -0.2) is 0 Å². The summed E-state index contributed by atoms with van der Waals surface area (Å²) in [5.74, 6) is 0. The Hall–Kier alpha value is 0.500. The van der Waals surface area contributed by atoms with Crippen LogP contribution in [0.25, 0.3) is 0 Å². The predicted molar refractivity (Wildman–Crippen MR) is 30.6 cm³/mol. The van der Waals surface area contributed by atoms with Gasteiger partial charge < -0.3 is 10.4 Å². The average molecular weight is 144 g/mol. The van der Waals surface area contributed by atoms with Gasteiger partial charge in [0, 0.05) is 0 Å². The molecule has 0 bridgehead atoms. The van der Waals surface area contributed by atoms with Gasteiger partial charge in [-0.1, -0.05) is 23.2 Å². The van der Waals surface area contributed by atoms with Gasteiger partial charge in [0.15, 0.2) is 0 Å². The smallest absolute Gasteiger partial charge is 0.227 e.